The molecule has 36 heavy (non-hydrogen) atoms. The molecular weight excluding hydrogens is 491 g/mol. The van der Waals surface area contributed by atoms with Crippen LogP contribution < -0.4 is 0 Å². The molecular formula is C30H34Cl2N2O2. The molecule has 0 radical (unpaired) electrons. The van der Waals surface area contributed by atoms with Gasteiger partial charge in [0.25, 0.3) is 0 Å². The van der Waals surface area contributed by atoms with Gasteiger partial charge in [0, 0.05) is 39.3 Å². The highest BCUT2D eigenvalue weighted by Gasteiger charge is 2.40. The van der Waals surface area contributed by atoms with Crippen molar-refractivity contribution in [2.24, 2.45) is 0 Å². The second kappa shape index (κ2) is 11.2. The van der Waals surface area contributed by atoms with Crippen molar-refractivity contribution in [2.45, 2.75) is 37.0 Å². The summed E-state index contributed by atoms with van der Waals surface area (Å²) >= 11 is 12.7. The van der Waals surface area contributed by atoms with Gasteiger partial charge in [-0.2, -0.15) is 0 Å². The van der Waals surface area contributed by atoms with Gasteiger partial charge in [-0.15, -0.1) is 0 Å². The SMILES string of the molecule is OC1(c2ccccc2)CCN(CCC2(c3ccc(Cl)c(Cl)c3)CN(Cc3ccccc3)CCO2)CC1. The molecule has 1 atom stereocenters. The van der Waals surface area contributed by atoms with E-state index in [1.54, 1.807) is 0 Å². The van der Waals surface area contributed by atoms with Crippen molar-refractivity contribution < 1.29 is 9.84 Å². The standard InChI is InChI=1S/C30H34Cl2N2O2/c31-27-12-11-26(21-28(27)32)30(23-34(19-20-36-30)22-24-7-3-1-4-8-24)15-18-33-16-13-29(35,14-17-33)25-9-5-2-6-10-25/h1-12,21,35H,13-20,22-23H2. The van der Waals surface area contributed by atoms with Crippen LogP contribution in [-0.4, -0.2) is 54.2 Å². The van der Waals surface area contributed by atoms with E-state index in [9.17, 15) is 5.11 Å². The zero-order valence-electron chi connectivity index (χ0n) is 20.6. The summed E-state index contributed by atoms with van der Waals surface area (Å²) in [6.45, 7) is 5.85. The first kappa shape index (κ1) is 25.7. The van der Waals surface area contributed by atoms with Crippen molar-refractivity contribution in [3.8, 4) is 0 Å². The zero-order chi connectivity index (χ0) is 25.0. The predicted molar refractivity (Wildman–Crippen MR) is 146 cm³/mol. The summed E-state index contributed by atoms with van der Waals surface area (Å²) in [5.41, 5.74) is 2.19. The van der Waals surface area contributed by atoms with E-state index in [0.717, 1.165) is 69.7 Å². The average molecular weight is 526 g/mol. The highest BCUT2D eigenvalue weighted by atomic mass is 35.5. The molecule has 2 heterocycles. The molecule has 6 heteroatoms. The summed E-state index contributed by atoms with van der Waals surface area (Å²) in [6, 6.07) is 26.6. The van der Waals surface area contributed by atoms with Crippen molar-refractivity contribution in [2.75, 3.05) is 39.3 Å². The van der Waals surface area contributed by atoms with Gasteiger partial charge >= 0.3 is 0 Å². The third-order valence-corrected chi connectivity index (χ3v) is 8.52. The first-order valence-corrected chi connectivity index (χ1v) is 13.6. The highest BCUT2D eigenvalue weighted by molar-refractivity contribution is 6.42. The lowest BCUT2D eigenvalue weighted by Gasteiger charge is -2.45. The molecule has 0 spiro atoms. The second-order valence-corrected chi connectivity index (χ2v) is 11.0. The van der Waals surface area contributed by atoms with E-state index in [1.165, 1.54) is 5.56 Å². The number of rotatable bonds is 7. The summed E-state index contributed by atoms with van der Waals surface area (Å²) in [4.78, 5) is 4.93. The fourth-order valence-electron chi connectivity index (χ4n) is 5.60. The van der Waals surface area contributed by atoms with Crippen LogP contribution in [0.1, 0.15) is 36.0 Å². The Bertz CT molecular complexity index is 1140. The number of morpholine rings is 1. The smallest absolute Gasteiger partial charge is 0.107 e. The third kappa shape index (κ3) is 5.80. The summed E-state index contributed by atoms with van der Waals surface area (Å²) < 4.78 is 6.60. The van der Waals surface area contributed by atoms with Crippen LogP contribution >= 0.6 is 23.2 Å². The largest absolute Gasteiger partial charge is 0.385 e. The Morgan fingerprint density at radius 3 is 2.17 bits per heavy atom. The normalized spacial score (nSPS) is 23.0. The van der Waals surface area contributed by atoms with Crippen LogP contribution in [0.5, 0.6) is 0 Å². The van der Waals surface area contributed by atoms with E-state index in [4.69, 9.17) is 27.9 Å². The van der Waals surface area contributed by atoms with Crippen molar-refractivity contribution in [1.82, 2.24) is 9.80 Å². The van der Waals surface area contributed by atoms with Crippen LogP contribution in [0.2, 0.25) is 10.0 Å². The number of nitrogens with zero attached hydrogens (tertiary/aromatic N) is 2. The lowest BCUT2D eigenvalue weighted by molar-refractivity contribution is -0.126. The number of piperidine rings is 1. The number of likely N-dealkylation sites (tertiary alicyclic amines) is 1. The highest BCUT2D eigenvalue weighted by Crippen LogP contribution is 2.38. The molecule has 0 aliphatic carbocycles. The number of hydrogen-bond acceptors (Lipinski definition) is 4. The molecule has 0 saturated carbocycles. The monoisotopic (exact) mass is 524 g/mol. The molecule has 5 rings (SSSR count). The predicted octanol–water partition coefficient (Wildman–Crippen LogP) is 6.09. The molecule has 3 aromatic rings. The summed E-state index contributed by atoms with van der Waals surface area (Å²) in [5.74, 6) is 0. The summed E-state index contributed by atoms with van der Waals surface area (Å²) in [6.07, 6.45) is 2.32. The lowest BCUT2D eigenvalue weighted by Crippen LogP contribution is -2.51. The molecule has 190 valence electrons. The first-order chi connectivity index (χ1) is 17.5. The molecule has 1 unspecified atom stereocenters. The molecule has 4 nitrogen and oxygen atoms in total. The Balaban J connectivity index is 1.30. The number of halogens is 2. The van der Waals surface area contributed by atoms with Crippen LogP contribution in [0.25, 0.3) is 0 Å². The van der Waals surface area contributed by atoms with Crippen molar-refractivity contribution in [3.63, 3.8) is 0 Å². The molecule has 2 fully saturated rings. The summed E-state index contributed by atoms with van der Waals surface area (Å²) in [5, 5.41) is 12.4. The number of ether oxygens (including phenoxy) is 1. The molecule has 2 aliphatic heterocycles. The molecule has 0 aromatic heterocycles. The van der Waals surface area contributed by atoms with E-state index >= 15 is 0 Å². The minimum Gasteiger partial charge on any atom is -0.385 e. The van der Waals surface area contributed by atoms with E-state index in [1.807, 2.05) is 42.5 Å². The molecule has 2 aliphatic rings. The quantitative estimate of drug-likeness (QED) is 0.405. The van der Waals surface area contributed by atoms with E-state index in [0.29, 0.717) is 16.7 Å². The number of benzene rings is 3. The maximum atomic E-state index is 11.3. The maximum Gasteiger partial charge on any atom is 0.107 e. The van der Waals surface area contributed by atoms with E-state index in [2.05, 4.69) is 46.2 Å². The Morgan fingerprint density at radius 2 is 1.47 bits per heavy atom. The van der Waals surface area contributed by atoms with Gasteiger partial charge in [0.2, 0.25) is 0 Å². The molecule has 2 saturated heterocycles. The zero-order valence-corrected chi connectivity index (χ0v) is 22.1. The van der Waals surface area contributed by atoms with E-state index in [-0.39, 0.29) is 0 Å². The van der Waals surface area contributed by atoms with E-state index < -0.39 is 11.2 Å². The lowest BCUT2D eigenvalue weighted by atomic mass is 9.83. The Kier molecular flexibility index (Phi) is 8.02. The van der Waals surface area contributed by atoms with Crippen LogP contribution in [0.4, 0.5) is 0 Å². The fraction of sp³-hybridized carbons (Fsp3) is 0.400. The van der Waals surface area contributed by atoms with Gasteiger partial charge < -0.3 is 14.7 Å². The van der Waals surface area contributed by atoms with Gasteiger partial charge in [0.05, 0.1) is 22.3 Å². The van der Waals surface area contributed by atoms with Gasteiger partial charge in [-0.1, -0.05) is 89.9 Å². The van der Waals surface area contributed by atoms with Crippen LogP contribution in [0.15, 0.2) is 78.9 Å². The maximum absolute atomic E-state index is 11.3. The molecule has 0 bridgehead atoms. The Hall–Kier alpha value is -1.92. The summed E-state index contributed by atoms with van der Waals surface area (Å²) in [7, 11) is 0. The van der Waals surface area contributed by atoms with Gasteiger partial charge in [-0.3, -0.25) is 4.90 Å². The number of hydrogen-bond donors (Lipinski definition) is 1. The Labute approximate surface area is 224 Å². The van der Waals surface area contributed by atoms with Crippen LogP contribution in [0, 0.1) is 0 Å². The minimum atomic E-state index is -0.743. The molecule has 1 N–H and O–H groups in total. The first-order valence-electron chi connectivity index (χ1n) is 12.8. The van der Waals surface area contributed by atoms with Crippen molar-refractivity contribution in [3.05, 3.63) is 106 Å². The fourth-order valence-corrected chi connectivity index (χ4v) is 5.90. The van der Waals surface area contributed by atoms with Gasteiger partial charge in [-0.25, -0.2) is 0 Å². The van der Waals surface area contributed by atoms with Gasteiger partial charge in [0.15, 0.2) is 0 Å². The topological polar surface area (TPSA) is 35.9 Å². The van der Waals surface area contributed by atoms with Crippen LogP contribution in [-0.2, 0) is 22.5 Å². The van der Waals surface area contributed by atoms with Crippen molar-refractivity contribution >= 4 is 23.2 Å². The van der Waals surface area contributed by atoms with Crippen LogP contribution in [0.3, 0.4) is 0 Å². The second-order valence-electron chi connectivity index (χ2n) is 10.2. The minimum absolute atomic E-state index is 0.464. The van der Waals surface area contributed by atoms with Crippen molar-refractivity contribution in [1.29, 1.82) is 0 Å². The van der Waals surface area contributed by atoms with Gasteiger partial charge in [-0.05, 0) is 48.1 Å². The molecule has 0 amide bonds. The average Bonchev–Trinajstić information content (AvgIpc) is 2.91. The number of aliphatic hydroxyl groups is 1. The molecule has 3 aromatic carbocycles. The van der Waals surface area contributed by atoms with Gasteiger partial charge in [0.1, 0.15) is 5.60 Å². The Morgan fingerprint density at radius 1 is 0.778 bits per heavy atom. The third-order valence-electron chi connectivity index (χ3n) is 7.79.